The lowest BCUT2D eigenvalue weighted by Crippen LogP contribution is -2.40. The van der Waals surface area contributed by atoms with Crippen LogP contribution in [0.1, 0.15) is 32.8 Å². The van der Waals surface area contributed by atoms with E-state index < -0.39 is 0 Å². The molecule has 0 spiro atoms. The van der Waals surface area contributed by atoms with E-state index in [0.717, 1.165) is 16.7 Å². The largest absolute Gasteiger partial charge is 0.467 e. The number of fused-ring (bicyclic) bond motifs is 1. The Morgan fingerprint density at radius 3 is 2.49 bits per heavy atom. The zero-order valence-electron chi connectivity index (χ0n) is 19.1. The highest BCUT2D eigenvalue weighted by atomic mass is 32.1. The van der Waals surface area contributed by atoms with Crippen LogP contribution in [0.25, 0.3) is 10.2 Å². The Hall–Kier alpha value is -4.17. The summed E-state index contributed by atoms with van der Waals surface area (Å²) in [6.07, 6.45) is 1.56. The highest BCUT2D eigenvalue weighted by Gasteiger charge is 2.15. The summed E-state index contributed by atoms with van der Waals surface area (Å²) in [6, 6.07) is 20.3. The summed E-state index contributed by atoms with van der Waals surface area (Å²) in [5.41, 5.74) is 3.33. The lowest BCUT2D eigenvalue weighted by atomic mass is 10.1. The summed E-state index contributed by atoms with van der Waals surface area (Å²) in [6.45, 7) is 2.80. The van der Waals surface area contributed by atoms with E-state index in [1.54, 1.807) is 47.2 Å². The lowest BCUT2D eigenvalue weighted by Gasteiger charge is -2.13. The topological polar surface area (TPSA) is 86.2 Å². The van der Waals surface area contributed by atoms with Crippen LogP contribution in [0.4, 0.5) is 0 Å². The van der Waals surface area contributed by atoms with Crippen LogP contribution in [-0.2, 0) is 19.6 Å². The Bertz CT molecular complexity index is 1610. The number of rotatable bonds is 7. The monoisotopic (exact) mass is 485 g/mol. The standard InChI is InChI=1S/C27H23N3O4S/c1-18-4-2-5-20(14-18)17-29-23-11-13-35-24(23)26(32)30(27(29)33)16-19-7-9-21(10-8-19)25(31)28-15-22-6-3-12-34-22/h2-14H,15-17H2,1H3,(H,28,31). The van der Waals surface area contributed by atoms with Gasteiger partial charge in [-0.25, -0.2) is 4.79 Å². The van der Waals surface area contributed by atoms with Gasteiger partial charge < -0.3 is 9.73 Å². The molecule has 0 saturated heterocycles. The van der Waals surface area contributed by atoms with Gasteiger partial charge in [0.2, 0.25) is 0 Å². The normalized spacial score (nSPS) is 11.1. The molecule has 176 valence electrons. The van der Waals surface area contributed by atoms with Crippen molar-refractivity contribution in [3.63, 3.8) is 0 Å². The minimum absolute atomic E-state index is 0.119. The average Bonchev–Trinajstić information content (AvgIpc) is 3.56. The van der Waals surface area contributed by atoms with Crippen LogP contribution < -0.4 is 16.6 Å². The second-order valence-electron chi connectivity index (χ2n) is 8.34. The quantitative estimate of drug-likeness (QED) is 0.375. The molecule has 0 atom stereocenters. The van der Waals surface area contributed by atoms with Crippen LogP contribution in [0.5, 0.6) is 0 Å². The predicted molar refractivity (Wildman–Crippen MR) is 136 cm³/mol. The summed E-state index contributed by atoms with van der Waals surface area (Å²) in [4.78, 5) is 39.0. The molecular weight excluding hydrogens is 462 g/mol. The number of hydrogen-bond donors (Lipinski definition) is 1. The Labute approximate surface area is 204 Å². The van der Waals surface area contributed by atoms with Crippen LogP contribution in [0.3, 0.4) is 0 Å². The van der Waals surface area contributed by atoms with Crippen molar-refractivity contribution in [3.05, 3.63) is 127 Å². The van der Waals surface area contributed by atoms with Crippen molar-refractivity contribution in [3.8, 4) is 0 Å². The molecule has 8 heteroatoms. The fourth-order valence-electron chi connectivity index (χ4n) is 4.05. The molecule has 0 fully saturated rings. The molecule has 5 aromatic rings. The Balaban J connectivity index is 1.41. The van der Waals surface area contributed by atoms with Gasteiger partial charge in [-0.3, -0.25) is 18.7 Å². The van der Waals surface area contributed by atoms with E-state index >= 15 is 0 Å². The first-order valence-corrected chi connectivity index (χ1v) is 12.0. The van der Waals surface area contributed by atoms with E-state index in [2.05, 4.69) is 5.32 Å². The fourth-order valence-corrected chi connectivity index (χ4v) is 4.89. The molecule has 0 aliphatic carbocycles. The highest BCUT2D eigenvalue weighted by molar-refractivity contribution is 7.17. The third-order valence-electron chi connectivity index (χ3n) is 5.82. The molecular formula is C27H23N3O4S. The predicted octanol–water partition coefficient (Wildman–Crippen LogP) is 4.15. The molecule has 5 rings (SSSR count). The maximum atomic E-state index is 13.4. The van der Waals surface area contributed by atoms with Crippen LogP contribution >= 0.6 is 11.3 Å². The number of carbonyl (C=O) groups excluding carboxylic acids is 1. The van der Waals surface area contributed by atoms with E-state index in [9.17, 15) is 14.4 Å². The second kappa shape index (κ2) is 9.60. The molecule has 3 aromatic heterocycles. The SMILES string of the molecule is Cc1cccc(Cn2c(=O)n(Cc3ccc(C(=O)NCc4ccco4)cc3)c(=O)c3sccc32)c1. The van der Waals surface area contributed by atoms with Gasteiger partial charge in [0.25, 0.3) is 11.5 Å². The first-order valence-electron chi connectivity index (χ1n) is 11.2. The Kier molecular flexibility index (Phi) is 6.20. The summed E-state index contributed by atoms with van der Waals surface area (Å²) in [5.74, 6) is 0.436. The Morgan fingerprint density at radius 2 is 1.74 bits per heavy atom. The van der Waals surface area contributed by atoms with Crippen molar-refractivity contribution >= 4 is 27.5 Å². The summed E-state index contributed by atoms with van der Waals surface area (Å²) < 4.78 is 8.69. The van der Waals surface area contributed by atoms with Gasteiger partial charge in [0.1, 0.15) is 10.5 Å². The second-order valence-corrected chi connectivity index (χ2v) is 9.26. The number of nitrogens with zero attached hydrogens (tertiary/aromatic N) is 2. The van der Waals surface area contributed by atoms with Gasteiger partial charge in [0.05, 0.1) is 31.4 Å². The minimum atomic E-state index is -0.359. The molecule has 2 aromatic carbocycles. The van der Waals surface area contributed by atoms with Crippen molar-refractivity contribution in [2.45, 2.75) is 26.6 Å². The van der Waals surface area contributed by atoms with Gasteiger partial charge in [-0.2, -0.15) is 0 Å². The fraction of sp³-hybridized carbons (Fsp3) is 0.148. The number of carbonyl (C=O) groups is 1. The molecule has 1 amide bonds. The van der Waals surface area contributed by atoms with Crippen molar-refractivity contribution in [2.75, 3.05) is 0 Å². The highest BCUT2D eigenvalue weighted by Crippen LogP contribution is 2.17. The van der Waals surface area contributed by atoms with Crippen molar-refractivity contribution in [1.29, 1.82) is 0 Å². The Morgan fingerprint density at radius 1 is 0.943 bits per heavy atom. The zero-order valence-corrected chi connectivity index (χ0v) is 19.9. The molecule has 7 nitrogen and oxygen atoms in total. The average molecular weight is 486 g/mol. The smallest absolute Gasteiger partial charge is 0.332 e. The van der Waals surface area contributed by atoms with E-state index in [0.29, 0.717) is 34.6 Å². The number of hydrogen-bond acceptors (Lipinski definition) is 5. The van der Waals surface area contributed by atoms with Gasteiger partial charge in [-0.1, -0.05) is 42.0 Å². The summed E-state index contributed by atoms with van der Waals surface area (Å²) in [7, 11) is 0. The maximum Gasteiger partial charge on any atom is 0.332 e. The van der Waals surface area contributed by atoms with E-state index in [-0.39, 0.29) is 23.7 Å². The zero-order chi connectivity index (χ0) is 24.4. The van der Waals surface area contributed by atoms with Gasteiger partial charge in [-0.15, -0.1) is 11.3 Å². The number of aromatic nitrogens is 2. The molecule has 0 saturated carbocycles. The first kappa shape index (κ1) is 22.6. The third kappa shape index (κ3) is 4.74. The number of furan rings is 1. The van der Waals surface area contributed by atoms with Gasteiger partial charge in [0, 0.05) is 5.56 Å². The van der Waals surface area contributed by atoms with Crippen molar-refractivity contribution in [2.24, 2.45) is 0 Å². The molecule has 0 bridgehead atoms. The number of aryl methyl sites for hydroxylation is 1. The minimum Gasteiger partial charge on any atom is -0.467 e. The first-order chi connectivity index (χ1) is 17.0. The van der Waals surface area contributed by atoms with E-state index in [4.69, 9.17) is 4.42 Å². The molecule has 1 N–H and O–H groups in total. The molecule has 0 unspecified atom stereocenters. The maximum absolute atomic E-state index is 13.4. The van der Waals surface area contributed by atoms with Gasteiger partial charge >= 0.3 is 5.69 Å². The molecule has 0 radical (unpaired) electrons. The molecule has 3 heterocycles. The lowest BCUT2D eigenvalue weighted by molar-refractivity contribution is 0.0948. The number of thiophene rings is 1. The molecule has 0 aliphatic rings. The van der Waals surface area contributed by atoms with Crippen LogP contribution in [-0.4, -0.2) is 15.0 Å². The third-order valence-corrected chi connectivity index (χ3v) is 6.71. The van der Waals surface area contributed by atoms with Crippen molar-refractivity contribution in [1.82, 2.24) is 14.5 Å². The molecule has 35 heavy (non-hydrogen) atoms. The van der Waals surface area contributed by atoms with Crippen LogP contribution in [0, 0.1) is 6.92 Å². The van der Waals surface area contributed by atoms with Crippen LogP contribution in [0.15, 0.2) is 92.4 Å². The molecule has 0 aliphatic heterocycles. The van der Waals surface area contributed by atoms with Crippen molar-refractivity contribution < 1.29 is 9.21 Å². The number of benzene rings is 2. The number of amides is 1. The summed E-state index contributed by atoms with van der Waals surface area (Å²) >= 11 is 1.33. The van der Waals surface area contributed by atoms with E-state index in [1.807, 2.05) is 42.6 Å². The van der Waals surface area contributed by atoms with Gasteiger partial charge in [0.15, 0.2) is 0 Å². The van der Waals surface area contributed by atoms with E-state index in [1.165, 1.54) is 15.9 Å². The van der Waals surface area contributed by atoms with Gasteiger partial charge in [-0.05, 0) is 53.8 Å². The van der Waals surface area contributed by atoms with Crippen LogP contribution in [0.2, 0.25) is 0 Å². The number of nitrogens with one attached hydrogen (secondary N) is 1. The summed E-state index contributed by atoms with van der Waals surface area (Å²) in [5, 5.41) is 4.63.